The number of ether oxygens (including phenoxy) is 2. The van der Waals surface area contributed by atoms with Crippen molar-refractivity contribution in [3.05, 3.63) is 46.3 Å². The van der Waals surface area contributed by atoms with Crippen LogP contribution in [0.4, 0.5) is 11.6 Å². The Bertz CT molecular complexity index is 1310. The largest absolute Gasteiger partial charge is 0.378 e. The summed E-state index contributed by atoms with van der Waals surface area (Å²) < 4.78 is 12.5. The minimum atomic E-state index is -0.398. The van der Waals surface area contributed by atoms with Crippen LogP contribution in [-0.2, 0) is 16.5 Å². The molecule has 0 radical (unpaired) electrons. The van der Waals surface area contributed by atoms with E-state index < -0.39 is 5.91 Å². The number of hydrogen-bond acceptors (Lipinski definition) is 11. The zero-order valence-electron chi connectivity index (χ0n) is 24.6. The first-order valence-electron chi connectivity index (χ1n) is 13.2. The number of pyridine rings is 2. The van der Waals surface area contributed by atoms with Crippen LogP contribution in [0.25, 0.3) is 11.5 Å². The Morgan fingerprint density at radius 3 is 2.00 bits per heavy atom. The van der Waals surface area contributed by atoms with Crippen molar-refractivity contribution in [1.82, 2.24) is 35.1 Å². The van der Waals surface area contributed by atoms with Crippen molar-refractivity contribution >= 4 is 59.5 Å². The second-order valence-electron chi connectivity index (χ2n) is 9.17. The van der Waals surface area contributed by atoms with Crippen LogP contribution in [0.5, 0.6) is 0 Å². The summed E-state index contributed by atoms with van der Waals surface area (Å²) in [6, 6.07) is 6.93. The van der Waals surface area contributed by atoms with Gasteiger partial charge in [-0.25, -0.2) is 15.4 Å². The molecule has 3 aromatic rings. The summed E-state index contributed by atoms with van der Waals surface area (Å²) in [5.41, 5.74) is 7.88. The third-order valence-corrected chi connectivity index (χ3v) is 6.29. The first kappa shape index (κ1) is 35.9. The molecule has 0 aromatic carbocycles. The molecule has 2 aliphatic rings. The monoisotopic (exact) mass is 657 g/mol. The van der Waals surface area contributed by atoms with E-state index in [1.54, 1.807) is 23.4 Å². The van der Waals surface area contributed by atoms with Gasteiger partial charge < -0.3 is 34.5 Å². The fraction of sp³-hybridized carbons (Fsp3) is 0.462. The molecule has 0 atom stereocenters. The second kappa shape index (κ2) is 18.4. The highest BCUT2D eigenvalue weighted by atomic mass is 35.5. The minimum Gasteiger partial charge on any atom is -0.378 e. The Labute approximate surface area is 267 Å². The molecule has 2 fully saturated rings. The molecule has 5 rings (SSSR count). The maximum absolute atomic E-state index is 12.0. The van der Waals surface area contributed by atoms with Gasteiger partial charge in [0.15, 0.2) is 5.82 Å². The van der Waals surface area contributed by atoms with E-state index in [9.17, 15) is 4.79 Å². The minimum absolute atomic E-state index is 0. The number of anilines is 2. The lowest BCUT2D eigenvalue weighted by Crippen LogP contribution is -2.37. The van der Waals surface area contributed by atoms with Gasteiger partial charge in [-0.15, -0.1) is 22.6 Å². The lowest BCUT2D eigenvalue weighted by atomic mass is 10.3. The van der Waals surface area contributed by atoms with Gasteiger partial charge in [0.1, 0.15) is 35.7 Å². The molecular formula is C26H38Cl3N11O3. The number of morpholine rings is 2. The van der Waals surface area contributed by atoms with Gasteiger partial charge in [0.2, 0.25) is 0 Å². The van der Waals surface area contributed by atoms with Gasteiger partial charge in [0.05, 0.1) is 26.4 Å². The maximum Gasteiger partial charge on any atom is 0.290 e. The number of nitrogens with zero attached hydrogens (tertiary/aromatic N) is 9. The standard InChI is InChI=1S/C13H18ClN5O2.C12H14ClN5O.CH5N.ClH/c1-18(2)9-15-17-13(20)11-7-10(14)8-12(16-11)19-3-5-21-6-4-19;1-17-8-14-16-12(17)10-6-9(13)7-11(15-10)18-2-4-19-5-3-18;1-2;/h7-9H,3-6H2,1-2H3,(H,17,20);6-8H,2-5H2,1H3;2H2,1H3;1H/b15-9+;;;. The van der Waals surface area contributed by atoms with Crippen LogP contribution < -0.4 is 21.0 Å². The lowest BCUT2D eigenvalue weighted by molar-refractivity contribution is 0.0949. The predicted molar refractivity (Wildman–Crippen MR) is 172 cm³/mol. The predicted octanol–water partition coefficient (Wildman–Crippen LogP) is 2.17. The molecule has 0 spiro atoms. The van der Waals surface area contributed by atoms with E-state index in [0.717, 1.165) is 37.7 Å². The molecule has 2 saturated heterocycles. The van der Waals surface area contributed by atoms with Gasteiger partial charge in [-0.05, 0) is 31.3 Å². The average molecular weight is 659 g/mol. The van der Waals surface area contributed by atoms with Crippen LogP contribution in [0.2, 0.25) is 10.0 Å². The fourth-order valence-corrected chi connectivity index (χ4v) is 4.28. The molecule has 3 N–H and O–H groups in total. The molecule has 1 amide bonds. The SMILES string of the molecule is CN.CN(C)/C=N/NC(=O)c1cc(Cl)cc(N2CCOCC2)n1.Cl.Cn1cnnc1-c1cc(Cl)cc(N2CCOCC2)n1. The van der Waals surface area contributed by atoms with E-state index in [-0.39, 0.29) is 18.1 Å². The lowest BCUT2D eigenvalue weighted by Gasteiger charge is -2.28. The summed E-state index contributed by atoms with van der Waals surface area (Å²) in [7, 11) is 7.00. The van der Waals surface area contributed by atoms with E-state index in [2.05, 4.69) is 41.3 Å². The van der Waals surface area contributed by atoms with Gasteiger partial charge in [-0.3, -0.25) is 4.79 Å². The van der Waals surface area contributed by atoms with Crippen LogP contribution in [0, 0.1) is 0 Å². The highest BCUT2D eigenvalue weighted by molar-refractivity contribution is 6.31. The van der Waals surface area contributed by atoms with Gasteiger partial charge in [0, 0.05) is 57.4 Å². The number of hydrazone groups is 1. The number of rotatable bonds is 6. The summed E-state index contributed by atoms with van der Waals surface area (Å²) in [5, 5.41) is 12.8. The normalized spacial score (nSPS) is 14.6. The molecular weight excluding hydrogens is 621 g/mol. The Hall–Kier alpha value is -3.27. The van der Waals surface area contributed by atoms with Gasteiger partial charge in [0.25, 0.3) is 5.91 Å². The summed E-state index contributed by atoms with van der Waals surface area (Å²) in [6.45, 7) is 5.82. The summed E-state index contributed by atoms with van der Waals surface area (Å²) in [6.07, 6.45) is 3.14. The van der Waals surface area contributed by atoms with Crippen molar-refractivity contribution in [3.63, 3.8) is 0 Å². The number of amides is 1. The first-order valence-corrected chi connectivity index (χ1v) is 14.0. The topological polar surface area (TPSA) is 152 Å². The molecule has 17 heteroatoms. The Morgan fingerprint density at radius 2 is 1.49 bits per heavy atom. The molecule has 14 nitrogen and oxygen atoms in total. The molecule has 236 valence electrons. The average Bonchev–Trinajstić information content (AvgIpc) is 3.44. The molecule has 0 aliphatic carbocycles. The number of nitrogens with one attached hydrogen (secondary N) is 1. The van der Waals surface area contributed by atoms with E-state index in [0.29, 0.717) is 48.1 Å². The summed E-state index contributed by atoms with van der Waals surface area (Å²) in [4.78, 5) is 26.9. The third-order valence-electron chi connectivity index (χ3n) is 5.85. The van der Waals surface area contributed by atoms with Gasteiger partial charge in [-0.1, -0.05) is 23.2 Å². The van der Waals surface area contributed by atoms with Crippen LogP contribution in [0.15, 0.2) is 35.7 Å². The van der Waals surface area contributed by atoms with Crippen molar-refractivity contribution in [3.8, 4) is 11.5 Å². The van der Waals surface area contributed by atoms with Crippen molar-refractivity contribution in [1.29, 1.82) is 0 Å². The smallest absolute Gasteiger partial charge is 0.290 e. The van der Waals surface area contributed by atoms with E-state index >= 15 is 0 Å². The van der Waals surface area contributed by atoms with Gasteiger partial charge in [-0.2, -0.15) is 5.10 Å². The molecule has 5 heterocycles. The Morgan fingerprint density at radius 1 is 0.953 bits per heavy atom. The Balaban J connectivity index is 0.000000279. The Kier molecular flexibility index (Phi) is 15.4. The highest BCUT2D eigenvalue weighted by Crippen LogP contribution is 2.25. The first-order chi connectivity index (χ1) is 20.3. The van der Waals surface area contributed by atoms with Crippen molar-refractivity contribution in [2.75, 3.05) is 83.5 Å². The van der Waals surface area contributed by atoms with Crippen LogP contribution in [0.3, 0.4) is 0 Å². The highest BCUT2D eigenvalue weighted by Gasteiger charge is 2.17. The van der Waals surface area contributed by atoms with Crippen molar-refractivity contribution < 1.29 is 14.3 Å². The molecule has 43 heavy (non-hydrogen) atoms. The number of aromatic nitrogens is 5. The zero-order valence-corrected chi connectivity index (χ0v) is 26.9. The quantitative estimate of drug-likeness (QED) is 0.228. The van der Waals surface area contributed by atoms with E-state index in [1.807, 2.05) is 36.7 Å². The number of carbonyl (C=O) groups is 1. The van der Waals surface area contributed by atoms with Crippen LogP contribution in [-0.4, -0.2) is 116 Å². The second-order valence-corrected chi connectivity index (χ2v) is 10.0. The van der Waals surface area contributed by atoms with Crippen molar-refractivity contribution in [2.24, 2.45) is 17.9 Å². The number of aryl methyl sites for hydroxylation is 1. The van der Waals surface area contributed by atoms with E-state index in [1.165, 1.54) is 19.5 Å². The third kappa shape index (κ3) is 11.1. The van der Waals surface area contributed by atoms with Gasteiger partial charge >= 0.3 is 0 Å². The molecule has 2 aliphatic heterocycles. The number of carbonyl (C=O) groups excluding carboxylic acids is 1. The maximum atomic E-state index is 12.0. The molecule has 0 unspecified atom stereocenters. The summed E-state index contributed by atoms with van der Waals surface area (Å²) >= 11 is 12.3. The molecule has 3 aromatic heterocycles. The summed E-state index contributed by atoms with van der Waals surface area (Å²) in [5.74, 6) is 1.84. The van der Waals surface area contributed by atoms with Crippen LogP contribution >= 0.6 is 35.6 Å². The molecule has 0 saturated carbocycles. The van der Waals surface area contributed by atoms with Crippen molar-refractivity contribution in [2.45, 2.75) is 0 Å². The fourth-order valence-electron chi connectivity index (χ4n) is 3.88. The number of halogens is 3. The number of nitrogens with two attached hydrogens (primary N) is 1. The van der Waals surface area contributed by atoms with Crippen LogP contribution in [0.1, 0.15) is 10.5 Å². The zero-order chi connectivity index (χ0) is 30.5. The number of hydrogen-bond donors (Lipinski definition) is 2. The molecule has 0 bridgehead atoms. The van der Waals surface area contributed by atoms with E-state index in [4.69, 9.17) is 32.7 Å².